The van der Waals surface area contributed by atoms with Crippen molar-refractivity contribution in [3.63, 3.8) is 0 Å². The number of nitrogens with zero attached hydrogens (tertiary/aromatic N) is 2. The van der Waals surface area contributed by atoms with Crippen molar-refractivity contribution >= 4 is 33.0 Å². The molecule has 1 amide bonds. The third-order valence-corrected chi connectivity index (χ3v) is 9.24. The van der Waals surface area contributed by atoms with Gasteiger partial charge in [0.1, 0.15) is 11.3 Å². The number of carbonyl (C=O) groups excluding carboxylic acids is 1. The van der Waals surface area contributed by atoms with Crippen LogP contribution in [0.2, 0.25) is 0 Å². The summed E-state index contributed by atoms with van der Waals surface area (Å²) in [5.74, 6) is -0.0530. The van der Waals surface area contributed by atoms with Crippen LogP contribution < -0.4 is 15.8 Å². The number of fused-ring (bicyclic) bond motifs is 1. The quantitative estimate of drug-likeness (QED) is 0.152. The lowest BCUT2D eigenvalue weighted by Gasteiger charge is -2.31. The van der Waals surface area contributed by atoms with E-state index in [-0.39, 0.29) is 54.9 Å². The first-order valence-corrected chi connectivity index (χ1v) is 16.3. The largest absolute Gasteiger partial charge is 0.480 e. The van der Waals surface area contributed by atoms with Gasteiger partial charge >= 0.3 is 0 Å². The van der Waals surface area contributed by atoms with Gasteiger partial charge in [0.15, 0.2) is 11.7 Å². The molecule has 4 aromatic rings. The molecule has 0 saturated heterocycles. The summed E-state index contributed by atoms with van der Waals surface area (Å²) < 4.78 is 40.5. The van der Waals surface area contributed by atoms with E-state index in [1.165, 1.54) is 22.5 Å². The van der Waals surface area contributed by atoms with Gasteiger partial charge in [0.2, 0.25) is 10.0 Å². The van der Waals surface area contributed by atoms with Gasteiger partial charge in [-0.05, 0) is 55.0 Å². The summed E-state index contributed by atoms with van der Waals surface area (Å²) in [5, 5.41) is 24.3. The Morgan fingerprint density at radius 3 is 2.38 bits per heavy atom. The van der Waals surface area contributed by atoms with Crippen LogP contribution in [0.1, 0.15) is 37.0 Å². The van der Waals surface area contributed by atoms with E-state index < -0.39 is 34.2 Å². The zero-order valence-corrected chi connectivity index (χ0v) is 26.8. The Hall–Kier alpha value is -3.97. The molecule has 1 aromatic heterocycles. The number of anilines is 1. The predicted molar refractivity (Wildman–Crippen MR) is 172 cm³/mol. The molecule has 0 radical (unpaired) electrons. The van der Waals surface area contributed by atoms with E-state index in [0.717, 1.165) is 16.7 Å². The molecule has 3 aromatic carbocycles. The average molecular weight is 639 g/mol. The van der Waals surface area contributed by atoms with Gasteiger partial charge in [-0.15, -0.1) is 0 Å². The van der Waals surface area contributed by atoms with Gasteiger partial charge in [-0.1, -0.05) is 62.4 Å². The Labute approximate surface area is 264 Å². The molecule has 12 heteroatoms. The molecular formula is C33H42N4O7S. The predicted octanol–water partition coefficient (Wildman–Crippen LogP) is 3.59. The standard InChI is InChI=1S/C33H42N4O7S/c1-21(2)19-37(45(41,42)25-13-14-26-30(18-25)44-33(34)36-26)20-28(39)27(17-24-11-6-5-7-12-24)35-32(40)29(15-16-38)43-31-22(3)9-8-10-23(31)4/h5-14,18,21,27-29,38-39H,15-17,19-20H2,1-4H3,(H2,34,36)(H,35,40)/t27-,28+,29?/m0/s1. The van der Waals surface area contributed by atoms with Crippen molar-refractivity contribution in [2.24, 2.45) is 5.92 Å². The average Bonchev–Trinajstić information content (AvgIpc) is 3.37. The summed E-state index contributed by atoms with van der Waals surface area (Å²) >= 11 is 0. The zero-order chi connectivity index (χ0) is 32.7. The molecule has 11 nitrogen and oxygen atoms in total. The number of para-hydroxylation sites is 1. The van der Waals surface area contributed by atoms with Gasteiger partial charge < -0.3 is 30.4 Å². The Kier molecular flexibility index (Phi) is 11.2. The second-order valence-corrected chi connectivity index (χ2v) is 13.5. The molecule has 0 aliphatic heterocycles. The molecule has 4 rings (SSSR count). The molecule has 0 aliphatic rings. The number of aliphatic hydroxyl groups is 2. The number of sulfonamides is 1. The first-order chi connectivity index (χ1) is 21.4. The number of aliphatic hydroxyl groups excluding tert-OH is 2. The third-order valence-electron chi connectivity index (χ3n) is 7.42. The summed E-state index contributed by atoms with van der Waals surface area (Å²) in [6.07, 6.45) is -2.10. The number of nitrogens with one attached hydrogen (secondary N) is 1. The maximum Gasteiger partial charge on any atom is 0.292 e. The third kappa shape index (κ3) is 8.60. The first kappa shape index (κ1) is 33.9. The zero-order valence-electron chi connectivity index (χ0n) is 26.0. The summed E-state index contributed by atoms with van der Waals surface area (Å²) in [6, 6.07) is 18.3. The normalized spacial score (nSPS) is 14.0. The number of nitrogen functional groups attached to an aromatic ring is 1. The summed E-state index contributed by atoms with van der Waals surface area (Å²) in [7, 11) is -4.11. The van der Waals surface area contributed by atoms with Crippen LogP contribution in [0.5, 0.6) is 5.75 Å². The number of nitrogens with two attached hydrogens (primary N) is 1. The number of aryl methyl sites for hydroxylation is 2. The van der Waals surface area contributed by atoms with Crippen LogP contribution in [0.4, 0.5) is 6.01 Å². The minimum atomic E-state index is -4.11. The van der Waals surface area contributed by atoms with E-state index in [1.807, 2.05) is 76.2 Å². The fraction of sp³-hybridized carbons (Fsp3) is 0.394. The Morgan fingerprint density at radius 1 is 1.04 bits per heavy atom. The van der Waals surface area contributed by atoms with Gasteiger partial charge in [-0.25, -0.2) is 8.42 Å². The summed E-state index contributed by atoms with van der Waals surface area (Å²) in [4.78, 5) is 17.7. The topological polar surface area (TPSA) is 168 Å². The number of rotatable bonds is 15. The van der Waals surface area contributed by atoms with Gasteiger partial charge in [0.05, 0.1) is 17.0 Å². The molecule has 5 N–H and O–H groups in total. The number of carbonyl (C=O) groups is 1. The SMILES string of the molecule is Cc1cccc(C)c1OC(CCO)C(=O)N[C@@H](Cc1ccccc1)[C@H](O)CN(CC(C)C)S(=O)(=O)c1ccc2nc(N)oc2c1. The molecule has 1 heterocycles. The van der Waals surface area contributed by atoms with Gasteiger partial charge in [-0.2, -0.15) is 9.29 Å². The van der Waals surface area contributed by atoms with E-state index in [1.54, 1.807) is 0 Å². The maximum absolute atomic E-state index is 13.9. The van der Waals surface area contributed by atoms with Crippen molar-refractivity contribution in [2.45, 2.75) is 63.7 Å². The minimum absolute atomic E-state index is 0.0240. The smallest absolute Gasteiger partial charge is 0.292 e. The van der Waals surface area contributed by atoms with Gasteiger partial charge in [-0.3, -0.25) is 4.79 Å². The highest BCUT2D eigenvalue weighted by Gasteiger charge is 2.33. The molecule has 0 aliphatic carbocycles. The number of benzene rings is 3. The van der Waals surface area contributed by atoms with Crippen molar-refractivity contribution < 1.29 is 32.6 Å². The van der Waals surface area contributed by atoms with E-state index in [4.69, 9.17) is 14.9 Å². The molecule has 1 unspecified atom stereocenters. The first-order valence-electron chi connectivity index (χ1n) is 14.9. The van der Waals surface area contributed by atoms with Crippen LogP contribution >= 0.6 is 0 Å². The molecule has 45 heavy (non-hydrogen) atoms. The molecule has 0 spiro atoms. The highest BCUT2D eigenvalue weighted by atomic mass is 32.2. The maximum atomic E-state index is 13.9. The van der Waals surface area contributed by atoms with Crippen molar-refractivity contribution in [2.75, 3.05) is 25.4 Å². The molecule has 0 bridgehead atoms. The lowest BCUT2D eigenvalue weighted by atomic mass is 10.00. The summed E-state index contributed by atoms with van der Waals surface area (Å²) in [6.45, 7) is 7.03. The van der Waals surface area contributed by atoms with E-state index in [0.29, 0.717) is 11.3 Å². The Morgan fingerprint density at radius 2 is 1.73 bits per heavy atom. The van der Waals surface area contributed by atoms with E-state index in [2.05, 4.69) is 10.3 Å². The second-order valence-electron chi connectivity index (χ2n) is 11.6. The highest BCUT2D eigenvalue weighted by molar-refractivity contribution is 7.89. The number of aromatic nitrogens is 1. The number of hydrogen-bond donors (Lipinski definition) is 4. The van der Waals surface area contributed by atoms with Crippen molar-refractivity contribution in [3.8, 4) is 5.75 Å². The van der Waals surface area contributed by atoms with E-state index in [9.17, 15) is 23.4 Å². The monoisotopic (exact) mass is 638 g/mol. The molecule has 242 valence electrons. The van der Waals surface area contributed by atoms with Crippen LogP contribution in [0.25, 0.3) is 11.1 Å². The fourth-order valence-corrected chi connectivity index (χ4v) is 6.80. The number of hydrogen-bond acceptors (Lipinski definition) is 9. The molecule has 0 saturated carbocycles. The van der Waals surface area contributed by atoms with Gasteiger partial charge in [0, 0.05) is 32.2 Å². The van der Waals surface area contributed by atoms with Crippen molar-refractivity contribution in [1.82, 2.24) is 14.6 Å². The fourth-order valence-electron chi connectivity index (χ4n) is 5.16. The minimum Gasteiger partial charge on any atom is -0.480 e. The van der Waals surface area contributed by atoms with Crippen molar-refractivity contribution in [1.29, 1.82) is 0 Å². The molecule has 3 atom stereocenters. The number of oxazole rings is 1. The lowest BCUT2D eigenvalue weighted by molar-refractivity contribution is -0.130. The van der Waals surface area contributed by atoms with Crippen LogP contribution in [0, 0.1) is 19.8 Å². The van der Waals surface area contributed by atoms with Gasteiger partial charge in [0.25, 0.3) is 11.9 Å². The van der Waals surface area contributed by atoms with Crippen molar-refractivity contribution in [3.05, 3.63) is 83.4 Å². The van der Waals surface area contributed by atoms with Crippen LogP contribution in [0.15, 0.2) is 76.0 Å². The highest BCUT2D eigenvalue weighted by Crippen LogP contribution is 2.26. The van der Waals surface area contributed by atoms with E-state index >= 15 is 0 Å². The Bertz CT molecular complexity index is 1670. The molecule has 0 fully saturated rings. The number of amides is 1. The van der Waals surface area contributed by atoms with Crippen LogP contribution in [0.3, 0.4) is 0 Å². The molecular weight excluding hydrogens is 596 g/mol. The lowest BCUT2D eigenvalue weighted by Crippen LogP contribution is -2.53. The number of ether oxygens (including phenoxy) is 1. The van der Waals surface area contributed by atoms with Crippen LogP contribution in [-0.2, 0) is 21.2 Å². The second kappa shape index (κ2) is 14.9. The Balaban J connectivity index is 1.62. The van der Waals surface area contributed by atoms with Crippen LogP contribution in [-0.4, -0.2) is 71.8 Å². The summed E-state index contributed by atoms with van der Waals surface area (Å²) in [5.41, 5.74) is 8.82.